The van der Waals surface area contributed by atoms with Gasteiger partial charge in [0.15, 0.2) is 0 Å². The Bertz CT molecular complexity index is 317. The summed E-state index contributed by atoms with van der Waals surface area (Å²) in [5.74, 6) is -1.70. The van der Waals surface area contributed by atoms with Gasteiger partial charge in [0.25, 0.3) is 0 Å². The van der Waals surface area contributed by atoms with Crippen LogP contribution in [0.15, 0.2) is 0 Å². The number of carboxylic acid groups (broad SMARTS) is 1. The lowest BCUT2D eigenvalue weighted by Crippen LogP contribution is -2.52. The fraction of sp³-hybridized carbons (Fsp3) is 0.727. The van der Waals surface area contributed by atoms with Crippen LogP contribution in [0.5, 0.6) is 0 Å². The third kappa shape index (κ3) is 5.51. The minimum atomic E-state index is -0.975. The highest BCUT2D eigenvalue weighted by atomic mass is 16.4. The van der Waals surface area contributed by atoms with Crippen molar-refractivity contribution >= 4 is 17.9 Å². The first-order chi connectivity index (χ1) is 8.29. The number of nitrogens with two attached hydrogens (primary N) is 1. The number of rotatable bonds is 7. The Kier molecular flexibility index (Phi) is 6.77. The first-order valence-electron chi connectivity index (χ1n) is 5.86. The first-order valence-corrected chi connectivity index (χ1v) is 5.86. The van der Waals surface area contributed by atoms with Gasteiger partial charge >= 0.3 is 12.0 Å². The Morgan fingerprint density at radius 3 is 2.22 bits per heavy atom. The second-order valence-electron chi connectivity index (χ2n) is 4.30. The second-order valence-corrected chi connectivity index (χ2v) is 4.30. The largest absolute Gasteiger partial charge is 0.481 e. The molecule has 7 nitrogen and oxygen atoms in total. The van der Waals surface area contributed by atoms with Crippen LogP contribution in [0, 0.1) is 5.92 Å². The number of carbonyl (C=O) groups excluding carboxylic acids is 2. The molecule has 1 atom stereocenters. The summed E-state index contributed by atoms with van der Waals surface area (Å²) in [6.45, 7) is 5.73. The van der Waals surface area contributed by atoms with Crippen molar-refractivity contribution in [2.75, 3.05) is 13.1 Å². The minimum Gasteiger partial charge on any atom is -0.481 e. The standard InChI is InChI=1S/C11H21N3O4/c1-4-14(6-5-8(15)16)11(18)13-9(7(2)3)10(12)17/h7,9H,4-6H2,1-3H3,(H2,12,17)(H,13,18)(H,15,16). The third-order valence-corrected chi connectivity index (χ3v) is 2.52. The van der Waals surface area contributed by atoms with Crippen LogP contribution in [0.4, 0.5) is 4.79 Å². The van der Waals surface area contributed by atoms with Gasteiger partial charge < -0.3 is 21.1 Å². The Hall–Kier alpha value is -1.79. The van der Waals surface area contributed by atoms with E-state index in [-0.39, 0.29) is 18.9 Å². The summed E-state index contributed by atoms with van der Waals surface area (Å²) >= 11 is 0. The Labute approximate surface area is 106 Å². The molecule has 1 unspecified atom stereocenters. The number of urea groups is 1. The molecule has 0 aliphatic carbocycles. The molecule has 0 radical (unpaired) electrons. The molecular formula is C11H21N3O4. The van der Waals surface area contributed by atoms with Crippen molar-refractivity contribution in [1.29, 1.82) is 0 Å². The van der Waals surface area contributed by atoms with Crippen LogP contribution in [0.3, 0.4) is 0 Å². The Morgan fingerprint density at radius 2 is 1.89 bits per heavy atom. The summed E-state index contributed by atoms with van der Waals surface area (Å²) in [6.07, 6.45) is -0.135. The SMILES string of the molecule is CCN(CCC(=O)O)C(=O)NC(C(N)=O)C(C)C. The van der Waals surface area contributed by atoms with E-state index in [2.05, 4.69) is 5.32 Å². The molecule has 104 valence electrons. The molecule has 0 aromatic heterocycles. The molecule has 0 heterocycles. The van der Waals surface area contributed by atoms with E-state index < -0.39 is 23.9 Å². The number of carboxylic acids is 1. The third-order valence-electron chi connectivity index (χ3n) is 2.52. The molecule has 18 heavy (non-hydrogen) atoms. The van der Waals surface area contributed by atoms with Gasteiger partial charge in [0.05, 0.1) is 6.42 Å². The number of aliphatic carboxylic acids is 1. The highest BCUT2D eigenvalue weighted by Gasteiger charge is 2.24. The lowest BCUT2D eigenvalue weighted by molar-refractivity contribution is -0.137. The topological polar surface area (TPSA) is 113 Å². The van der Waals surface area contributed by atoms with Gasteiger partial charge in [0, 0.05) is 13.1 Å². The molecule has 0 aliphatic rings. The van der Waals surface area contributed by atoms with E-state index in [4.69, 9.17) is 10.8 Å². The van der Waals surface area contributed by atoms with Gasteiger partial charge in [0.2, 0.25) is 5.91 Å². The highest BCUT2D eigenvalue weighted by Crippen LogP contribution is 2.02. The molecule has 0 saturated carbocycles. The van der Waals surface area contributed by atoms with Gasteiger partial charge in [-0.1, -0.05) is 13.8 Å². The van der Waals surface area contributed by atoms with Crippen molar-refractivity contribution < 1.29 is 19.5 Å². The van der Waals surface area contributed by atoms with Crippen molar-refractivity contribution in [1.82, 2.24) is 10.2 Å². The van der Waals surface area contributed by atoms with Gasteiger partial charge in [-0.25, -0.2) is 4.79 Å². The molecule has 0 bridgehead atoms. The fourth-order valence-electron chi connectivity index (χ4n) is 1.42. The zero-order chi connectivity index (χ0) is 14.3. The Morgan fingerprint density at radius 1 is 1.33 bits per heavy atom. The van der Waals surface area contributed by atoms with Crippen LogP contribution in [0.2, 0.25) is 0 Å². The van der Waals surface area contributed by atoms with Gasteiger partial charge in [-0.2, -0.15) is 0 Å². The van der Waals surface area contributed by atoms with Gasteiger partial charge in [-0.05, 0) is 12.8 Å². The number of nitrogens with zero attached hydrogens (tertiary/aromatic N) is 1. The zero-order valence-electron chi connectivity index (χ0n) is 11.0. The number of hydrogen-bond acceptors (Lipinski definition) is 3. The van der Waals surface area contributed by atoms with Gasteiger partial charge in [-0.15, -0.1) is 0 Å². The van der Waals surface area contributed by atoms with E-state index in [1.807, 2.05) is 0 Å². The zero-order valence-corrected chi connectivity index (χ0v) is 11.0. The molecule has 0 aliphatic heterocycles. The van der Waals surface area contributed by atoms with Crippen molar-refractivity contribution in [3.63, 3.8) is 0 Å². The van der Waals surface area contributed by atoms with E-state index >= 15 is 0 Å². The van der Waals surface area contributed by atoms with Crippen molar-refractivity contribution in [2.24, 2.45) is 11.7 Å². The maximum Gasteiger partial charge on any atom is 0.318 e. The van der Waals surface area contributed by atoms with Gasteiger partial charge in [-0.3, -0.25) is 9.59 Å². The molecule has 0 aromatic rings. The molecule has 0 saturated heterocycles. The molecule has 4 N–H and O–H groups in total. The quantitative estimate of drug-likeness (QED) is 0.597. The Balaban J connectivity index is 4.50. The normalized spacial score (nSPS) is 12.0. The average Bonchev–Trinajstić information content (AvgIpc) is 2.25. The summed E-state index contributed by atoms with van der Waals surface area (Å²) < 4.78 is 0. The highest BCUT2D eigenvalue weighted by molar-refractivity contribution is 5.86. The molecular weight excluding hydrogens is 238 g/mol. The van der Waals surface area contributed by atoms with Gasteiger partial charge in [0.1, 0.15) is 6.04 Å². The summed E-state index contributed by atoms with van der Waals surface area (Å²) in [5, 5.41) is 11.1. The van der Waals surface area contributed by atoms with Crippen LogP contribution in [-0.4, -0.2) is 47.0 Å². The number of hydrogen-bond donors (Lipinski definition) is 3. The summed E-state index contributed by atoms with van der Waals surface area (Å²) in [4.78, 5) is 34.7. The van der Waals surface area contributed by atoms with Crippen molar-refractivity contribution in [3.05, 3.63) is 0 Å². The number of carbonyl (C=O) groups is 3. The summed E-state index contributed by atoms with van der Waals surface area (Å²) in [7, 11) is 0. The summed E-state index contributed by atoms with van der Waals surface area (Å²) in [5.41, 5.74) is 5.18. The van der Waals surface area contributed by atoms with Crippen LogP contribution >= 0.6 is 0 Å². The van der Waals surface area contributed by atoms with E-state index in [1.54, 1.807) is 20.8 Å². The fourth-order valence-corrected chi connectivity index (χ4v) is 1.42. The van der Waals surface area contributed by atoms with E-state index in [1.165, 1.54) is 4.90 Å². The maximum atomic E-state index is 11.8. The van der Waals surface area contributed by atoms with E-state index in [0.717, 1.165) is 0 Å². The smallest absolute Gasteiger partial charge is 0.318 e. The molecule has 0 spiro atoms. The van der Waals surface area contributed by atoms with Crippen LogP contribution < -0.4 is 11.1 Å². The van der Waals surface area contributed by atoms with Crippen molar-refractivity contribution in [2.45, 2.75) is 33.2 Å². The van der Waals surface area contributed by atoms with Crippen molar-refractivity contribution in [3.8, 4) is 0 Å². The van der Waals surface area contributed by atoms with Crippen LogP contribution in [-0.2, 0) is 9.59 Å². The van der Waals surface area contributed by atoms with Crippen LogP contribution in [0.1, 0.15) is 27.2 Å². The van der Waals surface area contributed by atoms with Crippen LogP contribution in [0.25, 0.3) is 0 Å². The number of primary amides is 1. The maximum absolute atomic E-state index is 11.8. The lowest BCUT2D eigenvalue weighted by atomic mass is 10.0. The number of nitrogens with one attached hydrogen (secondary N) is 1. The lowest BCUT2D eigenvalue weighted by Gasteiger charge is -2.25. The molecule has 0 rings (SSSR count). The predicted octanol–water partition coefficient (Wildman–Crippen LogP) is 0.00250. The summed E-state index contributed by atoms with van der Waals surface area (Å²) in [6, 6.07) is -1.23. The monoisotopic (exact) mass is 259 g/mol. The van der Waals surface area contributed by atoms with E-state index in [9.17, 15) is 14.4 Å². The first kappa shape index (κ1) is 16.2. The second kappa shape index (κ2) is 7.52. The predicted molar refractivity (Wildman–Crippen MR) is 65.9 cm³/mol. The number of amides is 3. The minimum absolute atomic E-state index is 0.0985. The molecule has 0 aromatic carbocycles. The molecule has 0 fully saturated rings. The molecule has 7 heteroatoms. The molecule has 3 amide bonds. The van der Waals surface area contributed by atoms with E-state index in [0.29, 0.717) is 6.54 Å². The average molecular weight is 259 g/mol.